The van der Waals surface area contributed by atoms with Crippen molar-refractivity contribution in [1.29, 1.82) is 0 Å². The topological polar surface area (TPSA) is 41.1 Å². The summed E-state index contributed by atoms with van der Waals surface area (Å²) >= 11 is 0. The molecule has 0 aliphatic carbocycles. The van der Waals surface area contributed by atoms with Crippen LogP contribution in [0.15, 0.2) is 91.0 Å². The van der Waals surface area contributed by atoms with E-state index >= 15 is 0 Å². The van der Waals surface area contributed by atoms with Gasteiger partial charge in [0.15, 0.2) is 0 Å². The minimum Gasteiger partial charge on any atom is -0.344 e. The molecule has 1 atom stereocenters. The summed E-state index contributed by atoms with van der Waals surface area (Å²) in [5, 5.41) is 6.37. The van der Waals surface area contributed by atoms with Crippen molar-refractivity contribution in [3.63, 3.8) is 0 Å². The highest BCUT2D eigenvalue weighted by Gasteiger charge is 2.22. The molecule has 0 saturated heterocycles. The number of nitrogens with one attached hydrogen (secondary N) is 2. The molecule has 0 spiro atoms. The Morgan fingerprint density at radius 2 is 1.23 bits per heavy atom. The SMILES string of the molecule is CNC(Cc1ccccc1)C(=O)NC(c1ccccc1)c1ccccc1. The molecule has 1 amide bonds. The fraction of sp³-hybridized carbons (Fsp3) is 0.174. The summed E-state index contributed by atoms with van der Waals surface area (Å²) in [6.07, 6.45) is 0.652. The van der Waals surface area contributed by atoms with E-state index in [9.17, 15) is 4.79 Å². The Kier molecular flexibility index (Phi) is 6.18. The van der Waals surface area contributed by atoms with Gasteiger partial charge in [-0.15, -0.1) is 0 Å². The predicted octanol–water partition coefficient (Wildman–Crippen LogP) is 3.72. The first-order chi connectivity index (χ1) is 12.8. The maximum absolute atomic E-state index is 13.0. The zero-order valence-electron chi connectivity index (χ0n) is 14.9. The van der Waals surface area contributed by atoms with Gasteiger partial charge in [-0.1, -0.05) is 91.0 Å². The third-order valence-electron chi connectivity index (χ3n) is 4.50. The van der Waals surface area contributed by atoms with Crippen molar-refractivity contribution in [3.8, 4) is 0 Å². The average Bonchev–Trinajstić information content (AvgIpc) is 2.72. The molecule has 3 aromatic rings. The molecule has 132 valence electrons. The molecular weight excluding hydrogens is 320 g/mol. The Balaban J connectivity index is 1.80. The van der Waals surface area contributed by atoms with Gasteiger partial charge in [-0.25, -0.2) is 0 Å². The molecule has 3 nitrogen and oxygen atoms in total. The molecule has 3 rings (SSSR count). The zero-order valence-corrected chi connectivity index (χ0v) is 14.9. The number of carbonyl (C=O) groups excluding carboxylic acids is 1. The van der Waals surface area contributed by atoms with Gasteiger partial charge in [-0.3, -0.25) is 4.79 Å². The number of carbonyl (C=O) groups is 1. The molecule has 3 aromatic carbocycles. The Hall–Kier alpha value is -2.91. The minimum absolute atomic E-state index is 0.00550. The normalized spacial score (nSPS) is 11.9. The second-order valence-corrected chi connectivity index (χ2v) is 6.29. The van der Waals surface area contributed by atoms with Crippen molar-refractivity contribution >= 4 is 5.91 Å². The van der Waals surface area contributed by atoms with Crippen LogP contribution in [0.1, 0.15) is 22.7 Å². The van der Waals surface area contributed by atoms with E-state index < -0.39 is 0 Å². The first-order valence-electron chi connectivity index (χ1n) is 8.89. The number of benzene rings is 3. The van der Waals surface area contributed by atoms with E-state index in [1.165, 1.54) is 0 Å². The minimum atomic E-state index is -0.285. The van der Waals surface area contributed by atoms with Gasteiger partial charge in [0.05, 0.1) is 12.1 Å². The smallest absolute Gasteiger partial charge is 0.238 e. The fourth-order valence-corrected chi connectivity index (χ4v) is 3.07. The second-order valence-electron chi connectivity index (χ2n) is 6.29. The Morgan fingerprint density at radius 3 is 1.69 bits per heavy atom. The van der Waals surface area contributed by atoms with Crippen molar-refractivity contribution in [1.82, 2.24) is 10.6 Å². The van der Waals surface area contributed by atoms with E-state index in [4.69, 9.17) is 0 Å². The zero-order chi connectivity index (χ0) is 18.2. The van der Waals surface area contributed by atoms with Gasteiger partial charge >= 0.3 is 0 Å². The van der Waals surface area contributed by atoms with E-state index in [0.717, 1.165) is 16.7 Å². The van der Waals surface area contributed by atoms with E-state index in [0.29, 0.717) is 6.42 Å². The van der Waals surface area contributed by atoms with Gasteiger partial charge in [0, 0.05) is 0 Å². The van der Waals surface area contributed by atoms with Gasteiger partial charge in [0.2, 0.25) is 5.91 Å². The lowest BCUT2D eigenvalue weighted by atomic mass is 9.97. The molecule has 0 aromatic heterocycles. The first-order valence-corrected chi connectivity index (χ1v) is 8.89. The van der Waals surface area contributed by atoms with Crippen LogP contribution < -0.4 is 10.6 Å². The summed E-state index contributed by atoms with van der Waals surface area (Å²) in [5.74, 6) is -0.00550. The number of likely N-dealkylation sites (N-methyl/N-ethyl adjacent to an activating group) is 1. The highest BCUT2D eigenvalue weighted by atomic mass is 16.2. The summed E-state index contributed by atoms with van der Waals surface area (Å²) < 4.78 is 0. The third-order valence-corrected chi connectivity index (χ3v) is 4.50. The fourth-order valence-electron chi connectivity index (χ4n) is 3.07. The van der Waals surface area contributed by atoms with Crippen molar-refractivity contribution in [3.05, 3.63) is 108 Å². The predicted molar refractivity (Wildman–Crippen MR) is 106 cm³/mol. The average molecular weight is 344 g/mol. The van der Waals surface area contributed by atoms with Crippen LogP contribution in [0.3, 0.4) is 0 Å². The number of hydrogen-bond donors (Lipinski definition) is 2. The molecule has 1 unspecified atom stereocenters. The van der Waals surface area contributed by atoms with Crippen LogP contribution in [0.2, 0.25) is 0 Å². The lowest BCUT2D eigenvalue weighted by Crippen LogP contribution is -2.45. The summed E-state index contributed by atoms with van der Waals surface area (Å²) in [5.41, 5.74) is 3.28. The van der Waals surface area contributed by atoms with Crippen LogP contribution in [-0.4, -0.2) is 19.0 Å². The number of hydrogen-bond acceptors (Lipinski definition) is 2. The van der Waals surface area contributed by atoms with Crippen molar-refractivity contribution in [2.45, 2.75) is 18.5 Å². The molecule has 0 radical (unpaired) electrons. The molecule has 0 saturated carbocycles. The van der Waals surface area contributed by atoms with E-state index in [2.05, 4.69) is 10.6 Å². The van der Waals surface area contributed by atoms with Crippen LogP contribution in [0, 0.1) is 0 Å². The maximum atomic E-state index is 13.0. The van der Waals surface area contributed by atoms with Gasteiger partial charge in [-0.05, 0) is 30.2 Å². The first kappa shape index (κ1) is 17.9. The highest BCUT2D eigenvalue weighted by molar-refractivity contribution is 5.83. The van der Waals surface area contributed by atoms with E-state index in [1.54, 1.807) is 0 Å². The van der Waals surface area contributed by atoms with Crippen molar-refractivity contribution < 1.29 is 4.79 Å². The molecule has 0 fully saturated rings. The van der Waals surface area contributed by atoms with Gasteiger partial charge in [0.25, 0.3) is 0 Å². The molecule has 2 N–H and O–H groups in total. The highest BCUT2D eigenvalue weighted by Crippen LogP contribution is 2.22. The summed E-state index contributed by atoms with van der Waals surface area (Å²) in [6.45, 7) is 0. The monoisotopic (exact) mass is 344 g/mol. The molecule has 3 heteroatoms. The quantitative estimate of drug-likeness (QED) is 0.686. The lowest BCUT2D eigenvalue weighted by molar-refractivity contribution is -0.123. The third kappa shape index (κ3) is 4.58. The van der Waals surface area contributed by atoms with Gasteiger partial charge in [0.1, 0.15) is 0 Å². The molecular formula is C23H24N2O. The van der Waals surface area contributed by atoms with Crippen LogP contribution in [0.4, 0.5) is 0 Å². The Labute approximate surface area is 155 Å². The van der Waals surface area contributed by atoms with Crippen LogP contribution in [-0.2, 0) is 11.2 Å². The molecule has 26 heavy (non-hydrogen) atoms. The van der Waals surface area contributed by atoms with Gasteiger partial charge in [-0.2, -0.15) is 0 Å². The van der Waals surface area contributed by atoms with Crippen LogP contribution >= 0.6 is 0 Å². The van der Waals surface area contributed by atoms with Gasteiger partial charge < -0.3 is 10.6 Å². The summed E-state index contributed by atoms with van der Waals surface area (Å²) in [4.78, 5) is 13.0. The van der Waals surface area contributed by atoms with E-state index in [1.807, 2.05) is 98.0 Å². The van der Waals surface area contributed by atoms with Crippen molar-refractivity contribution in [2.24, 2.45) is 0 Å². The number of amides is 1. The molecule has 0 aliphatic heterocycles. The van der Waals surface area contributed by atoms with Crippen LogP contribution in [0.25, 0.3) is 0 Å². The molecule has 0 heterocycles. The summed E-state index contributed by atoms with van der Waals surface area (Å²) in [6, 6.07) is 29.8. The Bertz CT molecular complexity index is 764. The lowest BCUT2D eigenvalue weighted by Gasteiger charge is -2.23. The number of rotatable bonds is 7. The molecule has 0 aliphatic rings. The molecule has 0 bridgehead atoms. The largest absolute Gasteiger partial charge is 0.344 e. The Morgan fingerprint density at radius 1 is 0.769 bits per heavy atom. The van der Waals surface area contributed by atoms with E-state index in [-0.39, 0.29) is 18.0 Å². The second kappa shape index (κ2) is 8.97. The maximum Gasteiger partial charge on any atom is 0.238 e. The van der Waals surface area contributed by atoms with Crippen molar-refractivity contribution in [2.75, 3.05) is 7.05 Å². The summed E-state index contributed by atoms with van der Waals surface area (Å²) in [7, 11) is 1.83. The standard InChI is InChI=1S/C23H24N2O/c1-24-21(17-18-11-5-2-6-12-18)23(26)25-22(19-13-7-3-8-14-19)20-15-9-4-10-16-20/h2-16,21-22,24H,17H2,1H3,(H,25,26). The van der Waals surface area contributed by atoms with Crippen LogP contribution in [0.5, 0.6) is 0 Å².